The fourth-order valence-corrected chi connectivity index (χ4v) is 0. The molecule has 0 rings (SSSR count). The van der Waals surface area contributed by atoms with Crippen LogP contribution in [0.4, 0.5) is 0 Å². The van der Waals surface area contributed by atoms with Crippen LogP contribution in [0.5, 0.6) is 0 Å². The Hall–Kier alpha value is 0.0649. The van der Waals surface area contributed by atoms with Gasteiger partial charge in [0.05, 0.1) is 0 Å². The average molecular weight is 253 g/mol. The van der Waals surface area contributed by atoms with Gasteiger partial charge in [-0.3, -0.25) is 0 Å². The van der Waals surface area contributed by atoms with E-state index in [2.05, 4.69) is 0 Å². The van der Waals surface area contributed by atoms with E-state index in [9.17, 15) is 0 Å². The number of rotatable bonds is 0. The monoisotopic (exact) mass is 253 g/mol. The molecule has 0 aliphatic carbocycles. The SMILES string of the molecule is N.[O]=[Cr](=[O])([OH])[OH].[O]=[Cr](=[O])([OH])[OH]. The summed E-state index contributed by atoms with van der Waals surface area (Å²) >= 11 is -10.5. The van der Waals surface area contributed by atoms with Gasteiger partial charge >= 0.3 is 59.1 Å². The Morgan fingerprint density at radius 3 is 0.636 bits per heavy atom. The molecule has 0 saturated heterocycles. The van der Waals surface area contributed by atoms with Crippen molar-refractivity contribution < 1.29 is 59.1 Å². The number of hydrogen-bond donors (Lipinski definition) is 5. The van der Waals surface area contributed by atoms with Crippen LogP contribution >= 0.6 is 0 Å². The number of hydrogen-bond acceptors (Lipinski definition) is 5. The van der Waals surface area contributed by atoms with Crippen LogP contribution in [-0.2, 0) is 42.4 Å². The molecule has 0 aliphatic heterocycles. The fraction of sp³-hybridized carbons (Fsp3) is 0. The summed E-state index contributed by atoms with van der Waals surface area (Å²) in [7, 11) is 0. The molecule has 0 aromatic carbocycles. The molecule has 0 fully saturated rings. The molecule has 0 unspecified atom stereocenters. The molecule has 7 N–H and O–H groups in total. The first kappa shape index (κ1) is 17.2. The second kappa shape index (κ2) is 5.68. The molecule has 0 spiro atoms. The molecule has 11 heteroatoms. The summed E-state index contributed by atoms with van der Waals surface area (Å²) in [6.07, 6.45) is 0. The fourth-order valence-electron chi connectivity index (χ4n) is 0. The molecule has 0 bridgehead atoms. The van der Waals surface area contributed by atoms with Crippen LogP contribution < -0.4 is 6.15 Å². The predicted octanol–water partition coefficient (Wildman–Crippen LogP) is -2.55. The Labute approximate surface area is 65.6 Å². The summed E-state index contributed by atoms with van der Waals surface area (Å²) < 4.78 is 63.8. The first-order valence-corrected chi connectivity index (χ1v) is 5.76. The van der Waals surface area contributed by atoms with Crippen molar-refractivity contribution in [2.24, 2.45) is 0 Å². The average Bonchev–Trinajstić information content (AvgIpc) is 1.12. The summed E-state index contributed by atoms with van der Waals surface area (Å²) in [5, 5.41) is 0. The molecule has 0 amide bonds. The molecule has 9 nitrogen and oxygen atoms in total. The third-order valence-electron chi connectivity index (χ3n) is 0. The van der Waals surface area contributed by atoms with E-state index in [1.165, 1.54) is 0 Å². The zero-order valence-corrected chi connectivity index (χ0v) is 7.50. The van der Waals surface area contributed by atoms with Gasteiger partial charge in [0.25, 0.3) is 0 Å². The Morgan fingerprint density at radius 1 is 0.636 bits per heavy atom. The predicted molar refractivity (Wildman–Crippen MR) is 16.6 cm³/mol. The molecule has 0 aromatic heterocycles. The second-order valence-electron chi connectivity index (χ2n) is 0.896. The maximum atomic E-state index is 8.82. The van der Waals surface area contributed by atoms with Gasteiger partial charge < -0.3 is 6.15 Å². The van der Waals surface area contributed by atoms with Crippen LogP contribution in [0, 0.1) is 0 Å². The van der Waals surface area contributed by atoms with E-state index in [0.29, 0.717) is 0 Å². The van der Waals surface area contributed by atoms with Crippen LogP contribution in [0.15, 0.2) is 0 Å². The van der Waals surface area contributed by atoms with Gasteiger partial charge in [-0.15, -0.1) is 0 Å². The van der Waals surface area contributed by atoms with Crippen molar-refractivity contribution in [2.45, 2.75) is 0 Å². The Bertz CT molecular complexity index is 208. The van der Waals surface area contributed by atoms with Gasteiger partial charge in [0.2, 0.25) is 0 Å². The van der Waals surface area contributed by atoms with E-state index in [4.69, 9.17) is 31.8 Å². The van der Waals surface area contributed by atoms with Crippen molar-refractivity contribution >= 4 is 0 Å². The molecule has 0 aliphatic rings. The van der Waals surface area contributed by atoms with Crippen molar-refractivity contribution in [3.63, 3.8) is 0 Å². The first-order valence-electron chi connectivity index (χ1n) is 1.40. The van der Waals surface area contributed by atoms with Gasteiger partial charge in [-0.2, -0.15) is 0 Å². The Kier molecular flexibility index (Phi) is 8.90. The van der Waals surface area contributed by atoms with E-state index >= 15 is 0 Å². The summed E-state index contributed by atoms with van der Waals surface area (Å²) in [6, 6.07) is 0. The van der Waals surface area contributed by atoms with Gasteiger partial charge in [0, 0.05) is 0 Å². The van der Waals surface area contributed by atoms with Crippen LogP contribution in [0.2, 0.25) is 0 Å². The van der Waals surface area contributed by atoms with Crippen LogP contribution in [-0.4, -0.2) is 16.6 Å². The van der Waals surface area contributed by atoms with Crippen LogP contribution in [0.3, 0.4) is 0 Å². The Balaban J connectivity index is -0.000000107. The maximum absolute atomic E-state index is 8.82. The van der Waals surface area contributed by atoms with E-state index in [1.54, 1.807) is 0 Å². The standard InChI is InChI=1S/2Cr.H3N.4H2O.4O/h;;1H3;4*1H2;;;;/q2*+2;;;;;;;;;/p-4. The summed E-state index contributed by atoms with van der Waals surface area (Å²) in [6.45, 7) is 0. The molecule has 0 aromatic rings. The third kappa shape index (κ3) is 155000. The quantitative estimate of drug-likeness (QED) is 0.310. The van der Waals surface area contributed by atoms with E-state index in [0.717, 1.165) is 0 Å². The minimum atomic E-state index is -5.25. The Morgan fingerprint density at radius 2 is 0.636 bits per heavy atom. The van der Waals surface area contributed by atoms with Gasteiger partial charge in [-0.1, -0.05) is 0 Å². The zero-order chi connectivity index (χ0) is 9.00. The molecular weight excluding hydrogens is 246 g/mol. The topological polar surface area (TPSA) is 184 Å². The van der Waals surface area contributed by atoms with E-state index in [-0.39, 0.29) is 6.15 Å². The minimum absolute atomic E-state index is 0. The third-order valence-corrected chi connectivity index (χ3v) is 0. The molecule has 0 saturated carbocycles. The van der Waals surface area contributed by atoms with Crippen molar-refractivity contribution in [1.82, 2.24) is 6.15 Å². The second-order valence-corrected chi connectivity index (χ2v) is 3.69. The van der Waals surface area contributed by atoms with Crippen molar-refractivity contribution in [2.75, 3.05) is 0 Å². The van der Waals surface area contributed by atoms with Crippen molar-refractivity contribution in [3.8, 4) is 0 Å². The summed E-state index contributed by atoms with van der Waals surface area (Å²) in [4.78, 5) is 0. The van der Waals surface area contributed by atoms with Crippen LogP contribution in [0.25, 0.3) is 0 Å². The van der Waals surface area contributed by atoms with Gasteiger partial charge in [-0.25, -0.2) is 0 Å². The molecule has 0 atom stereocenters. The van der Waals surface area contributed by atoms with E-state index in [1.807, 2.05) is 0 Å². The van der Waals surface area contributed by atoms with E-state index < -0.39 is 27.2 Å². The summed E-state index contributed by atoms with van der Waals surface area (Å²) in [5.74, 6) is 0. The molecular formula is H7Cr2NO8. The first-order chi connectivity index (χ1) is 4.00. The van der Waals surface area contributed by atoms with Crippen molar-refractivity contribution in [1.29, 1.82) is 0 Å². The zero-order valence-electron chi connectivity index (χ0n) is 4.95. The molecule has 11 heavy (non-hydrogen) atoms. The van der Waals surface area contributed by atoms with Crippen molar-refractivity contribution in [3.05, 3.63) is 0 Å². The molecule has 0 heterocycles. The molecule has 72 valence electrons. The molecule has 0 radical (unpaired) electrons. The van der Waals surface area contributed by atoms with Gasteiger partial charge in [0.15, 0.2) is 0 Å². The van der Waals surface area contributed by atoms with Gasteiger partial charge in [-0.05, 0) is 0 Å². The summed E-state index contributed by atoms with van der Waals surface area (Å²) in [5.41, 5.74) is 0. The normalized spacial score (nSPS) is 10.5. The van der Waals surface area contributed by atoms with Gasteiger partial charge in [0.1, 0.15) is 0 Å². The van der Waals surface area contributed by atoms with Crippen LogP contribution in [0.1, 0.15) is 0 Å².